The standard InChI is InChI=1S/C15H29N/c1-3-13-8-6-7-11-15(13)16-12(2)14-9-4-5-10-14/h12-16H,3-11H2,1-2H3/t12-,13?,15?/m0/s1. The van der Waals surface area contributed by atoms with Crippen molar-refractivity contribution >= 4 is 0 Å². The van der Waals surface area contributed by atoms with E-state index in [2.05, 4.69) is 19.2 Å². The fraction of sp³-hybridized carbons (Fsp3) is 1.00. The van der Waals surface area contributed by atoms with Gasteiger partial charge >= 0.3 is 0 Å². The molecule has 0 spiro atoms. The first-order chi connectivity index (χ1) is 7.81. The van der Waals surface area contributed by atoms with Gasteiger partial charge in [-0.2, -0.15) is 0 Å². The van der Waals surface area contributed by atoms with Gasteiger partial charge in [-0.1, -0.05) is 39.0 Å². The molecule has 0 aromatic heterocycles. The molecule has 3 atom stereocenters. The molecule has 2 rings (SSSR count). The number of hydrogen-bond acceptors (Lipinski definition) is 1. The maximum atomic E-state index is 3.96. The van der Waals surface area contributed by atoms with Gasteiger partial charge in [-0.25, -0.2) is 0 Å². The minimum Gasteiger partial charge on any atom is -0.311 e. The van der Waals surface area contributed by atoms with Crippen molar-refractivity contribution in [1.29, 1.82) is 0 Å². The first-order valence-electron chi connectivity index (χ1n) is 7.57. The monoisotopic (exact) mass is 223 g/mol. The van der Waals surface area contributed by atoms with E-state index in [4.69, 9.17) is 0 Å². The fourth-order valence-electron chi connectivity index (χ4n) is 3.85. The molecular formula is C15H29N. The molecule has 0 radical (unpaired) electrons. The third-order valence-corrected chi connectivity index (χ3v) is 5.02. The summed E-state index contributed by atoms with van der Waals surface area (Å²) in [5.41, 5.74) is 0. The van der Waals surface area contributed by atoms with Crippen molar-refractivity contribution in [2.45, 2.75) is 83.7 Å². The van der Waals surface area contributed by atoms with E-state index in [9.17, 15) is 0 Å². The van der Waals surface area contributed by atoms with Crippen molar-refractivity contribution in [3.63, 3.8) is 0 Å². The lowest BCUT2D eigenvalue weighted by Crippen LogP contribution is -2.45. The molecular weight excluding hydrogens is 194 g/mol. The molecule has 2 unspecified atom stereocenters. The quantitative estimate of drug-likeness (QED) is 0.756. The Morgan fingerprint density at radius 3 is 2.31 bits per heavy atom. The Hall–Kier alpha value is -0.0400. The van der Waals surface area contributed by atoms with Gasteiger partial charge in [0.25, 0.3) is 0 Å². The molecule has 0 aliphatic heterocycles. The summed E-state index contributed by atoms with van der Waals surface area (Å²) in [4.78, 5) is 0. The van der Waals surface area contributed by atoms with Gasteiger partial charge in [0.1, 0.15) is 0 Å². The fourth-order valence-corrected chi connectivity index (χ4v) is 3.85. The molecule has 0 bridgehead atoms. The highest BCUT2D eigenvalue weighted by Crippen LogP contribution is 2.31. The van der Waals surface area contributed by atoms with Crippen molar-refractivity contribution in [3.8, 4) is 0 Å². The molecule has 0 saturated heterocycles. The van der Waals surface area contributed by atoms with Crippen LogP contribution in [0, 0.1) is 11.8 Å². The summed E-state index contributed by atoms with van der Waals surface area (Å²) < 4.78 is 0. The lowest BCUT2D eigenvalue weighted by Gasteiger charge is -2.35. The second-order valence-corrected chi connectivity index (χ2v) is 6.06. The van der Waals surface area contributed by atoms with Crippen LogP contribution in [0.15, 0.2) is 0 Å². The van der Waals surface area contributed by atoms with E-state index in [0.29, 0.717) is 0 Å². The Balaban J connectivity index is 1.81. The van der Waals surface area contributed by atoms with E-state index in [1.807, 2.05) is 0 Å². The maximum Gasteiger partial charge on any atom is 0.00978 e. The Kier molecular flexibility index (Phi) is 4.69. The predicted octanol–water partition coefficient (Wildman–Crippen LogP) is 4.12. The summed E-state index contributed by atoms with van der Waals surface area (Å²) in [5.74, 6) is 1.93. The molecule has 16 heavy (non-hydrogen) atoms. The summed E-state index contributed by atoms with van der Waals surface area (Å²) in [6, 6.07) is 1.59. The van der Waals surface area contributed by atoms with Gasteiger partial charge in [0.2, 0.25) is 0 Å². The lowest BCUT2D eigenvalue weighted by atomic mass is 9.82. The zero-order chi connectivity index (χ0) is 11.4. The summed E-state index contributed by atoms with van der Waals surface area (Å²) in [6.45, 7) is 4.79. The lowest BCUT2D eigenvalue weighted by molar-refractivity contribution is 0.218. The van der Waals surface area contributed by atoms with Gasteiger partial charge in [0.05, 0.1) is 0 Å². The van der Waals surface area contributed by atoms with Gasteiger partial charge in [0, 0.05) is 12.1 Å². The number of nitrogens with one attached hydrogen (secondary N) is 1. The Bertz CT molecular complexity index is 196. The maximum absolute atomic E-state index is 3.96. The van der Waals surface area contributed by atoms with Gasteiger partial charge in [-0.3, -0.25) is 0 Å². The molecule has 0 amide bonds. The molecule has 1 nitrogen and oxygen atoms in total. The topological polar surface area (TPSA) is 12.0 Å². The van der Waals surface area contributed by atoms with Crippen LogP contribution >= 0.6 is 0 Å². The zero-order valence-electron chi connectivity index (χ0n) is 11.2. The van der Waals surface area contributed by atoms with Crippen LogP contribution in [0.25, 0.3) is 0 Å². The van der Waals surface area contributed by atoms with Gasteiger partial charge in [-0.15, -0.1) is 0 Å². The van der Waals surface area contributed by atoms with Crippen LogP contribution in [0.4, 0.5) is 0 Å². The summed E-state index contributed by atoms with van der Waals surface area (Å²) in [5, 5.41) is 3.96. The molecule has 2 fully saturated rings. The molecule has 2 saturated carbocycles. The minimum atomic E-state index is 0.764. The second kappa shape index (κ2) is 6.05. The molecule has 94 valence electrons. The molecule has 0 aromatic rings. The van der Waals surface area contributed by atoms with Crippen molar-refractivity contribution in [2.24, 2.45) is 11.8 Å². The largest absolute Gasteiger partial charge is 0.311 e. The molecule has 1 heteroatoms. The third-order valence-electron chi connectivity index (χ3n) is 5.02. The third kappa shape index (κ3) is 3.00. The predicted molar refractivity (Wildman–Crippen MR) is 70.6 cm³/mol. The zero-order valence-corrected chi connectivity index (χ0v) is 11.2. The molecule has 1 N–H and O–H groups in total. The van der Waals surface area contributed by atoms with E-state index in [-0.39, 0.29) is 0 Å². The molecule has 2 aliphatic rings. The van der Waals surface area contributed by atoms with Crippen LogP contribution in [0.2, 0.25) is 0 Å². The molecule has 2 aliphatic carbocycles. The van der Waals surface area contributed by atoms with E-state index in [1.54, 1.807) is 0 Å². The highest BCUT2D eigenvalue weighted by Gasteiger charge is 2.28. The summed E-state index contributed by atoms with van der Waals surface area (Å²) in [6.07, 6.45) is 13.1. The van der Waals surface area contributed by atoms with Crippen LogP contribution in [0.3, 0.4) is 0 Å². The van der Waals surface area contributed by atoms with Crippen LogP contribution in [0.5, 0.6) is 0 Å². The smallest absolute Gasteiger partial charge is 0.00978 e. The van der Waals surface area contributed by atoms with Gasteiger partial charge < -0.3 is 5.32 Å². The SMILES string of the molecule is CCC1CCCCC1N[C@@H](C)C1CCCC1. The van der Waals surface area contributed by atoms with E-state index in [1.165, 1.54) is 57.8 Å². The number of rotatable bonds is 4. The molecule has 0 heterocycles. The Morgan fingerprint density at radius 1 is 1.00 bits per heavy atom. The van der Waals surface area contributed by atoms with Crippen molar-refractivity contribution in [2.75, 3.05) is 0 Å². The highest BCUT2D eigenvalue weighted by molar-refractivity contribution is 4.85. The van der Waals surface area contributed by atoms with E-state index in [0.717, 1.165) is 23.9 Å². The first kappa shape index (κ1) is 12.4. The van der Waals surface area contributed by atoms with Gasteiger partial charge in [-0.05, 0) is 44.4 Å². The summed E-state index contributed by atoms with van der Waals surface area (Å²) in [7, 11) is 0. The van der Waals surface area contributed by atoms with Crippen LogP contribution in [-0.2, 0) is 0 Å². The van der Waals surface area contributed by atoms with Crippen molar-refractivity contribution < 1.29 is 0 Å². The summed E-state index contributed by atoms with van der Waals surface area (Å²) >= 11 is 0. The molecule has 0 aromatic carbocycles. The van der Waals surface area contributed by atoms with Crippen LogP contribution in [-0.4, -0.2) is 12.1 Å². The minimum absolute atomic E-state index is 0.764. The van der Waals surface area contributed by atoms with E-state index >= 15 is 0 Å². The Labute approximate surface area is 101 Å². The van der Waals surface area contributed by atoms with E-state index < -0.39 is 0 Å². The van der Waals surface area contributed by atoms with Crippen LogP contribution in [0.1, 0.15) is 71.6 Å². The van der Waals surface area contributed by atoms with Crippen LogP contribution < -0.4 is 5.32 Å². The average molecular weight is 223 g/mol. The second-order valence-electron chi connectivity index (χ2n) is 6.06. The average Bonchev–Trinajstić information content (AvgIpc) is 2.83. The van der Waals surface area contributed by atoms with Crippen molar-refractivity contribution in [3.05, 3.63) is 0 Å². The van der Waals surface area contributed by atoms with Crippen molar-refractivity contribution in [1.82, 2.24) is 5.32 Å². The normalized spacial score (nSPS) is 34.1. The first-order valence-corrected chi connectivity index (χ1v) is 7.57. The Morgan fingerprint density at radius 2 is 1.62 bits per heavy atom. The highest BCUT2D eigenvalue weighted by atomic mass is 15.0. The van der Waals surface area contributed by atoms with Gasteiger partial charge in [0.15, 0.2) is 0 Å². The number of hydrogen-bond donors (Lipinski definition) is 1.